The molecule has 23 heavy (non-hydrogen) atoms. The second-order valence-corrected chi connectivity index (χ2v) is 8.12. The lowest BCUT2D eigenvalue weighted by Gasteiger charge is -2.38. The Bertz CT molecular complexity index is 457. The zero-order valence-electron chi connectivity index (χ0n) is 14.4. The first kappa shape index (κ1) is 16.7. The third-order valence-corrected chi connectivity index (χ3v) is 6.05. The molecule has 5 unspecified atom stereocenters. The molecule has 130 valence electrons. The maximum absolute atomic E-state index is 12.8. The fraction of sp³-hybridized carbons (Fsp3) is 0.889. The van der Waals surface area contributed by atoms with Gasteiger partial charge in [0.25, 0.3) is 0 Å². The molecular weight excluding hydrogens is 292 g/mol. The Balaban J connectivity index is 1.68. The Morgan fingerprint density at radius 2 is 1.70 bits per heavy atom. The van der Waals surface area contributed by atoms with Gasteiger partial charge in [-0.3, -0.25) is 14.5 Å². The summed E-state index contributed by atoms with van der Waals surface area (Å²) in [5.74, 6) is 0.920. The van der Waals surface area contributed by atoms with Crippen molar-refractivity contribution in [3.8, 4) is 0 Å². The van der Waals surface area contributed by atoms with E-state index in [-0.39, 0.29) is 12.5 Å². The van der Waals surface area contributed by atoms with Crippen molar-refractivity contribution in [1.82, 2.24) is 9.80 Å². The predicted octanol–water partition coefficient (Wildman–Crippen LogP) is 2.21. The van der Waals surface area contributed by atoms with Crippen molar-refractivity contribution in [1.29, 1.82) is 0 Å². The molecule has 1 amide bonds. The second-order valence-electron chi connectivity index (χ2n) is 8.12. The van der Waals surface area contributed by atoms with E-state index in [1.807, 2.05) is 9.80 Å². The van der Waals surface area contributed by atoms with Crippen LogP contribution in [0.15, 0.2) is 0 Å². The number of hydrogen-bond acceptors (Lipinski definition) is 3. The number of carbonyl (C=O) groups is 2. The number of likely N-dealkylation sites (tertiary alicyclic amines) is 2. The van der Waals surface area contributed by atoms with Crippen molar-refractivity contribution in [2.75, 3.05) is 19.6 Å². The molecular formula is C18H30N2O3. The maximum Gasteiger partial charge on any atom is 0.320 e. The molecule has 1 N–H and O–H groups in total. The highest BCUT2D eigenvalue weighted by molar-refractivity contribution is 5.80. The van der Waals surface area contributed by atoms with E-state index in [1.54, 1.807) is 0 Å². The van der Waals surface area contributed by atoms with Gasteiger partial charge in [-0.2, -0.15) is 0 Å². The Morgan fingerprint density at radius 1 is 1.04 bits per heavy atom. The first-order valence-electron chi connectivity index (χ1n) is 9.22. The molecule has 0 aromatic carbocycles. The first-order valence-corrected chi connectivity index (χ1v) is 9.22. The lowest BCUT2D eigenvalue weighted by atomic mass is 9.85. The summed E-state index contributed by atoms with van der Waals surface area (Å²) in [5.41, 5.74) is 0. The number of carboxylic acids is 1. The van der Waals surface area contributed by atoms with Gasteiger partial charge in [0.15, 0.2) is 0 Å². The number of carboxylic acid groups (broad SMARTS) is 1. The fourth-order valence-corrected chi connectivity index (χ4v) is 5.15. The van der Waals surface area contributed by atoms with Crippen LogP contribution in [-0.2, 0) is 9.59 Å². The van der Waals surface area contributed by atoms with Crippen LogP contribution in [0.1, 0.15) is 52.4 Å². The average Bonchev–Trinajstić information content (AvgIpc) is 2.85. The first-order chi connectivity index (χ1) is 11.0. The molecule has 3 aliphatic rings. The van der Waals surface area contributed by atoms with Gasteiger partial charge in [0.2, 0.25) is 5.91 Å². The molecule has 3 rings (SSSR count). The van der Waals surface area contributed by atoms with E-state index >= 15 is 0 Å². The Kier molecular flexibility index (Phi) is 4.95. The lowest BCUT2D eigenvalue weighted by molar-refractivity contribution is -0.144. The van der Waals surface area contributed by atoms with Crippen molar-refractivity contribution in [2.45, 2.75) is 64.5 Å². The molecule has 1 aliphatic carbocycles. The monoisotopic (exact) mass is 322 g/mol. The van der Waals surface area contributed by atoms with Gasteiger partial charge in [0.05, 0.1) is 6.54 Å². The minimum atomic E-state index is -0.757. The number of aliphatic carboxylic acids is 1. The number of carbonyl (C=O) groups excluding carboxylic acids is 1. The molecule has 5 heteroatoms. The highest BCUT2D eigenvalue weighted by Gasteiger charge is 2.46. The summed E-state index contributed by atoms with van der Waals surface area (Å²) in [6.45, 7) is 6.33. The van der Waals surface area contributed by atoms with Crippen molar-refractivity contribution >= 4 is 11.9 Å². The molecule has 0 bridgehead atoms. The molecule has 0 aromatic rings. The maximum atomic E-state index is 12.8. The predicted molar refractivity (Wildman–Crippen MR) is 88.0 cm³/mol. The van der Waals surface area contributed by atoms with Crippen LogP contribution in [0.5, 0.6) is 0 Å². The van der Waals surface area contributed by atoms with E-state index < -0.39 is 12.0 Å². The SMILES string of the molecule is CC1CC(C)CN(C(=O)CN2C(C(=O)O)CC3CCCCC32)C1. The molecule has 2 saturated heterocycles. The zero-order chi connectivity index (χ0) is 16.6. The highest BCUT2D eigenvalue weighted by Crippen LogP contribution is 2.39. The number of piperidine rings is 1. The number of fused-ring (bicyclic) bond motifs is 1. The molecule has 0 spiro atoms. The van der Waals surface area contributed by atoms with Crippen LogP contribution in [0.25, 0.3) is 0 Å². The van der Waals surface area contributed by atoms with E-state index in [0.29, 0.717) is 23.8 Å². The number of amides is 1. The summed E-state index contributed by atoms with van der Waals surface area (Å²) < 4.78 is 0. The fourth-order valence-electron chi connectivity index (χ4n) is 5.15. The summed E-state index contributed by atoms with van der Waals surface area (Å²) in [6.07, 6.45) is 6.44. The summed E-state index contributed by atoms with van der Waals surface area (Å²) in [4.78, 5) is 28.4. The minimum absolute atomic E-state index is 0.126. The third kappa shape index (κ3) is 3.54. The van der Waals surface area contributed by atoms with Crippen molar-refractivity contribution < 1.29 is 14.7 Å². The van der Waals surface area contributed by atoms with E-state index in [0.717, 1.165) is 38.8 Å². The minimum Gasteiger partial charge on any atom is -0.480 e. The van der Waals surface area contributed by atoms with E-state index in [9.17, 15) is 14.7 Å². The van der Waals surface area contributed by atoms with Gasteiger partial charge in [0.1, 0.15) is 6.04 Å². The Morgan fingerprint density at radius 3 is 2.35 bits per heavy atom. The topological polar surface area (TPSA) is 60.9 Å². The van der Waals surface area contributed by atoms with Gasteiger partial charge in [-0.25, -0.2) is 0 Å². The highest BCUT2D eigenvalue weighted by atomic mass is 16.4. The van der Waals surface area contributed by atoms with Crippen molar-refractivity contribution in [3.63, 3.8) is 0 Å². The summed E-state index contributed by atoms with van der Waals surface area (Å²) in [7, 11) is 0. The van der Waals surface area contributed by atoms with Gasteiger partial charge >= 0.3 is 5.97 Å². The molecule has 5 atom stereocenters. The van der Waals surface area contributed by atoms with Gasteiger partial charge in [-0.05, 0) is 43.4 Å². The lowest BCUT2D eigenvalue weighted by Crippen LogP contribution is -2.51. The summed E-state index contributed by atoms with van der Waals surface area (Å²) in [6, 6.07) is -0.167. The molecule has 0 radical (unpaired) electrons. The van der Waals surface area contributed by atoms with Gasteiger partial charge in [0, 0.05) is 19.1 Å². The van der Waals surface area contributed by atoms with E-state index in [4.69, 9.17) is 0 Å². The Hall–Kier alpha value is -1.10. The van der Waals surface area contributed by atoms with Crippen LogP contribution in [0.4, 0.5) is 0 Å². The molecule has 5 nitrogen and oxygen atoms in total. The van der Waals surface area contributed by atoms with Crippen LogP contribution < -0.4 is 0 Å². The number of nitrogens with zero attached hydrogens (tertiary/aromatic N) is 2. The number of rotatable bonds is 3. The Labute approximate surface area is 139 Å². The largest absolute Gasteiger partial charge is 0.480 e. The smallest absolute Gasteiger partial charge is 0.320 e. The zero-order valence-corrected chi connectivity index (χ0v) is 14.4. The van der Waals surface area contributed by atoms with E-state index in [1.165, 1.54) is 12.8 Å². The van der Waals surface area contributed by atoms with Gasteiger partial charge in [-0.15, -0.1) is 0 Å². The van der Waals surface area contributed by atoms with Crippen LogP contribution in [0.2, 0.25) is 0 Å². The number of hydrogen-bond donors (Lipinski definition) is 1. The van der Waals surface area contributed by atoms with Crippen LogP contribution in [0.3, 0.4) is 0 Å². The van der Waals surface area contributed by atoms with Gasteiger partial charge < -0.3 is 10.0 Å². The standard InChI is InChI=1S/C18H30N2O3/c1-12-7-13(2)10-19(9-12)17(21)11-20-15-6-4-3-5-14(15)8-16(20)18(22)23/h12-16H,3-11H2,1-2H3,(H,22,23). The third-order valence-electron chi connectivity index (χ3n) is 6.05. The summed E-state index contributed by atoms with van der Waals surface area (Å²) in [5, 5.41) is 9.57. The average molecular weight is 322 g/mol. The van der Waals surface area contributed by atoms with Gasteiger partial charge in [-0.1, -0.05) is 26.7 Å². The summed E-state index contributed by atoms with van der Waals surface area (Å²) >= 11 is 0. The van der Waals surface area contributed by atoms with Crippen LogP contribution in [0, 0.1) is 17.8 Å². The second kappa shape index (κ2) is 6.80. The van der Waals surface area contributed by atoms with Crippen molar-refractivity contribution in [2.24, 2.45) is 17.8 Å². The van der Waals surface area contributed by atoms with Crippen molar-refractivity contribution in [3.05, 3.63) is 0 Å². The molecule has 2 heterocycles. The van der Waals surface area contributed by atoms with E-state index in [2.05, 4.69) is 13.8 Å². The molecule has 1 saturated carbocycles. The molecule has 0 aromatic heterocycles. The quantitative estimate of drug-likeness (QED) is 0.865. The molecule has 3 fully saturated rings. The van der Waals surface area contributed by atoms with Crippen LogP contribution in [-0.4, -0.2) is 58.5 Å². The van der Waals surface area contributed by atoms with Crippen LogP contribution >= 0.6 is 0 Å². The normalized spacial score (nSPS) is 38.3. The molecule has 2 aliphatic heterocycles.